The summed E-state index contributed by atoms with van der Waals surface area (Å²) in [7, 11) is 3.01. The number of nitrogens with one attached hydrogen (secondary N) is 1. The van der Waals surface area contributed by atoms with Crippen molar-refractivity contribution in [2.45, 2.75) is 6.18 Å². The molecule has 0 heterocycles. The van der Waals surface area contributed by atoms with Crippen LogP contribution in [0.1, 0.15) is 11.1 Å². The Morgan fingerprint density at radius 1 is 1.00 bits per heavy atom. The standard InChI is InChI=1S/C16H15F3N2O2/c1-22-14-8-7-11(9-15(14)23-2)10-20-21-13-6-4-3-5-12(13)16(17,18)19/h3-10,21H,1-2H3/b20-10+. The van der Waals surface area contributed by atoms with Crippen molar-refractivity contribution in [3.63, 3.8) is 0 Å². The molecular formula is C16H15F3N2O2. The van der Waals surface area contributed by atoms with Crippen molar-refractivity contribution in [1.82, 2.24) is 0 Å². The summed E-state index contributed by atoms with van der Waals surface area (Å²) in [6.07, 6.45) is -3.04. The first-order valence-electron chi connectivity index (χ1n) is 6.63. The van der Waals surface area contributed by atoms with Crippen LogP contribution < -0.4 is 14.9 Å². The Labute approximate surface area is 131 Å². The van der Waals surface area contributed by atoms with Crippen molar-refractivity contribution in [3.05, 3.63) is 53.6 Å². The van der Waals surface area contributed by atoms with Crippen molar-refractivity contribution in [1.29, 1.82) is 0 Å². The molecule has 0 fully saturated rings. The molecule has 1 N–H and O–H groups in total. The second-order valence-electron chi connectivity index (χ2n) is 4.53. The van der Waals surface area contributed by atoms with E-state index in [4.69, 9.17) is 9.47 Å². The van der Waals surface area contributed by atoms with Gasteiger partial charge in [0.25, 0.3) is 0 Å². The Hall–Kier alpha value is -2.70. The lowest BCUT2D eigenvalue weighted by Gasteiger charge is -2.11. The summed E-state index contributed by atoms with van der Waals surface area (Å²) in [4.78, 5) is 0. The van der Waals surface area contributed by atoms with Crippen LogP contribution >= 0.6 is 0 Å². The lowest BCUT2D eigenvalue weighted by atomic mass is 10.2. The molecule has 0 unspecified atom stereocenters. The molecule has 122 valence electrons. The SMILES string of the molecule is COc1ccc(/C=N/Nc2ccccc2C(F)(F)F)cc1OC. The predicted molar refractivity (Wildman–Crippen MR) is 82.2 cm³/mol. The molecule has 0 aliphatic carbocycles. The Balaban J connectivity index is 2.17. The van der Waals surface area contributed by atoms with Gasteiger partial charge in [0.05, 0.1) is 31.7 Å². The Kier molecular flexibility index (Phi) is 5.10. The predicted octanol–water partition coefficient (Wildman–Crippen LogP) is 4.17. The molecule has 0 saturated heterocycles. The first-order chi connectivity index (χ1) is 11.0. The van der Waals surface area contributed by atoms with E-state index in [9.17, 15) is 13.2 Å². The van der Waals surface area contributed by atoms with E-state index in [2.05, 4.69) is 10.5 Å². The molecule has 2 aromatic rings. The normalized spacial score (nSPS) is 11.5. The molecule has 0 saturated carbocycles. The Morgan fingerprint density at radius 2 is 1.70 bits per heavy atom. The van der Waals surface area contributed by atoms with Crippen LogP contribution in [0.2, 0.25) is 0 Å². The number of rotatable bonds is 5. The van der Waals surface area contributed by atoms with Gasteiger partial charge >= 0.3 is 6.18 Å². The maximum absolute atomic E-state index is 12.9. The second kappa shape index (κ2) is 7.04. The number of hydrogen-bond donors (Lipinski definition) is 1. The van der Waals surface area contributed by atoms with Crippen LogP contribution in [-0.2, 0) is 6.18 Å². The van der Waals surface area contributed by atoms with Gasteiger partial charge in [0, 0.05) is 0 Å². The highest BCUT2D eigenvalue weighted by atomic mass is 19.4. The maximum atomic E-state index is 12.9. The van der Waals surface area contributed by atoms with E-state index in [1.807, 2.05) is 0 Å². The fourth-order valence-electron chi connectivity index (χ4n) is 1.94. The third-order valence-corrected chi connectivity index (χ3v) is 3.04. The van der Waals surface area contributed by atoms with Gasteiger partial charge in [-0.2, -0.15) is 18.3 Å². The van der Waals surface area contributed by atoms with Crippen molar-refractivity contribution in [2.24, 2.45) is 5.10 Å². The highest BCUT2D eigenvalue weighted by molar-refractivity contribution is 5.81. The van der Waals surface area contributed by atoms with Gasteiger partial charge in [-0.25, -0.2) is 0 Å². The van der Waals surface area contributed by atoms with Crippen LogP contribution in [0.3, 0.4) is 0 Å². The van der Waals surface area contributed by atoms with Gasteiger partial charge in [0.1, 0.15) is 0 Å². The van der Waals surface area contributed by atoms with E-state index in [1.165, 1.54) is 38.6 Å². The van der Waals surface area contributed by atoms with E-state index >= 15 is 0 Å². The van der Waals surface area contributed by atoms with Crippen LogP contribution in [0, 0.1) is 0 Å². The summed E-state index contributed by atoms with van der Waals surface area (Å²) in [5, 5.41) is 3.85. The average molecular weight is 324 g/mol. The molecule has 4 nitrogen and oxygen atoms in total. The minimum Gasteiger partial charge on any atom is -0.493 e. The van der Waals surface area contributed by atoms with Crippen LogP contribution in [-0.4, -0.2) is 20.4 Å². The number of methoxy groups -OCH3 is 2. The molecule has 0 aliphatic rings. The smallest absolute Gasteiger partial charge is 0.418 e. The summed E-state index contributed by atoms with van der Waals surface area (Å²) in [6, 6.07) is 10.2. The first kappa shape index (κ1) is 16.7. The zero-order valence-electron chi connectivity index (χ0n) is 12.5. The first-order valence-corrected chi connectivity index (χ1v) is 6.63. The number of alkyl halides is 3. The number of hydrogen-bond acceptors (Lipinski definition) is 4. The molecule has 0 spiro atoms. The molecule has 0 bridgehead atoms. The summed E-state index contributed by atoms with van der Waals surface area (Å²) in [5.74, 6) is 1.06. The van der Waals surface area contributed by atoms with Crippen LogP contribution in [0.5, 0.6) is 11.5 Å². The van der Waals surface area contributed by atoms with E-state index in [1.54, 1.807) is 18.2 Å². The third-order valence-electron chi connectivity index (χ3n) is 3.04. The monoisotopic (exact) mass is 324 g/mol. The van der Waals surface area contributed by atoms with E-state index < -0.39 is 11.7 Å². The maximum Gasteiger partial charge on any atom is 0.418 e. The molecule has 2 rings (SSSR count). The topological polar surface area (TPSA) is 42.8 Å². The minimum absolute atomic E-state index is 0.114. The van der Waals surface area contributed by atoms with Gasteiger partial charge in [0.15, 0.2) is 11.5 Å². The largest absolute Gasteiger partial charge is 0.493 e. The fourth-order valence-corrected chi connectivity index (χ4v) is 1.94. The number of para-hydroxylation sites is 1. The molecule has 0 aromatic heterocycles. The Bertz CT molecular complexity index is 700. The van der Waals surface area contributed by atoms with Crippen LogP contribution in [0.25, 0.3) is 0 Å². The second-order valence-corrected chi connectivity index (χ2v) is 4.53. The van der Waals surface area contributed by atoms with Gasteiger partial charge in [-0.15, -0.1) is 0 Å². The third kappa shape index (κ3) is 4.15. The molecule has 0 aliphatic heterocycles. The van der Waals surface area contributed by atoms with Crippen molar-refractivity contribution < 1.29 is 22.6 Å². The van der Waals surface area contributed by atoms with Gasteiger partial charge in [-0.1, -0.05) is 12.1 Å². The molecule has 0 amide bonds. The van der Waals surface area contributed by atoms with Gasteiger partial charge in [0.2, 0.25) is 0 Å². The van der Waals surface area contributed by atoms with Crippen molar-refractivity contribution >= 4 is 11.9 Å². The molecular weight excluding hydrogens is 309 g/mol. The molecule has 0 radical (unpaired) electrons. The van der Waals surface area contributed by atoms with Gasteiger partial charge in [-0.3, -0.25) is 5.43 Å². The molecule has 2 aromatic carbocycles. The quantitative estimate of drug-likeness (QED) is 0.663. The lowest BCUT2D eigenvalue weighted by molar-refractivity contribution is -0.136. The molecule has 7 heteroatoms. The number of benzene rings is 2. The average Bonchev–Trinajstić information content (AvgIpc) is 2.54. The van der Waals surface area contributed by atoms with Gasteiger partial charge < -0.3 is 9.47 Å². The summed E-state index contributed by atoms with van der Waals surface area (Å²) < 4.78 is 48.8. The lowest BCUT2D eigenvalue weighted by Crippen LogP contribution is -2.08. The highest BCUT2D eigenvalue weighted by Crippen LogP contribution is 2.34. The zero-order valence-corrected chi connectivity index (χ0v) is 12.5. The van der Waals surface area contributed by atoms with Crippen LogP contribution in [0.4, 0.5) is 18.9 Å². The fraction of sp³-hybridized carbons (Fsp3) is 0.188. The number of ether oxygens (including phenoxy) is 2. The van der Waals surface area contributed by atoms with E-state index in [0.29, 0.717) is 17.1 Å². The van der Waals surface area contributed by atoms with E-state index in [-0.39, 0.29) is 5.69 Å². The van der Waals surface area contributed by atoms with Crippen LogP contribution in [0.15, 0.2) is 47.6 Å². The highest BCUT2D eigenvalue weighted by Gasteiger charge is 2.33. The number of hydrazone groups is 1. The number of halogens is 3. The van der Waals surface area contributed by atoms with Crippen molar-refractivity contribution in [3.8, 4) is 11.5 Å². The Morgan fingerprint density at radius 3 is 2.35 bits per heavy atom. The summed E-state index contributed by atoms with van der Waals surface area (Å²) >= 11 is 0. The van der Waals surface area contributed by atoms with Gasteiger partial charge in [-0.05, 0) is 35.9 Å². The number of anilines is 1. The summed E-state index contributed by atoms with van der Waals surface area (Å²) in [5.41, 5.74) is 2.18. The number of nitrogens with zero attached hydrogens (tertiary/aromatic N) is 1. The van der Waals surface area contributed by atoms with Crippen molar-refractivity contribution in [2.75, 3.05) is 19.6 Å². The zero-order chi connectivity index (χ0) is 16.9. The minimum atomic E-state index is -4.44. The molecule has 0 atom stereocenters. The summed E-state index contributed by atoms with van der Waals surface area (Å²) in [6.45, 7) is 0. The molecule has 23 heavy (non-hydrogen) atoms. The van der Waals surface area contributed by atoms with E-state index in [0.717, 1.165) is 6.07 Å².